The molecule has 0 saturated carbocycles. The number of ether oxygens (including phenoxy) is 1. The van der Waals surface area contributed by atoms with E-state index in [1.54, 1.807) is 0 Å². The standard InChI is InChI=1S/C17H13F3N2O2S/c18-17(19,20)24-12-7-5-11(6-8-12)22-16(23)10-25-15-9-21-14-4-2-1-3-13(14)15/h1-9,21H,10H2,(H,22,23). The van der Waals surface area contributed by atoms with Crippen molar-refractivity contribution in [1.29, 1.82) is 0 Å². The van der Waals surface area contributed by atoms with E-state index in [2.05, 4.69) is 15.0 Å². The molecule has 0 aliphatic heterocycles. The molecule has 0 aliphatic carbocycles. The van der Waals surface area contributed by atoms with Crippen LogP contribution >= 0.6 is 11.8 Å². The summed E-state index contributed by atoms with van der Waals surface area (Å²) in [6.07, 6.45) is -2.90. The summed E-state index contributed by atoms with van der Waals surface area (Å²) in [6.45, 7) is 0. The summed E-state index contributed by atoms with van der Waals surface area (Å²) in [5.74, 6) is -0.402. The van der Waals surface area contributed by atoms with Gasteiger partial charge in [-0.15, -0.1) is 24.9 Å². The summed E-state index contributed by atoms with van der Waals surface area (Å²) >= 11 is 1.38. The normalized spacial score (nSPS) is 11.5. The number of nitrogens with one attached hydrogen (secondary N) is 2. The van der Waals surface area contributed by atoms with Crippen LogP contribution in [0.3, 0.4) is 0 Å². The highest BCUT2D eigenvalue weighted by Crippen LogP contribution is 2.28. The number of thioether (sulfide) groups is 1. The molecule has 3 rings (SSSR count). The monoisotopic (exact) mass is 366 g/mol. The molecule has 1 amide bonds. The Bertz CT molecular complexity index is 875. The van der Waals surface area contributed by atoms with Crippen LogP contribution in [0.1, 0.15) is 0 Å². The Morgan fingerprint density at radius 3 is 2.56 bits per heavy atom. The van der Waals surface area contributed by atoms with Gasteiger partial charge in [-0.2, -0.15) is 0 Å². The zero-order valence-corrected chi connectivity index (χ0v) is 13.6. The number of amides is 1. The fraction of sp³-hybridized carbons (Fsp3) is 0.118. The lowest BCUT2D eigenvalue weighted by molar-refractivity contribution is -0.274. The number of H-pyrrole nitrogens is 1. The molecule has 0 bridgehead atoms. The van der Waals surface area contributed by atoms with E-state index in [9.17, 15) is 18.0 Å². The molecule has 0 unspecified atom stereocenters. The number of aromatic amines is 1. The minimum absolute atomic E-state index is 0.183. The maximum absolute atomic E-state index is 12.1. The Morgan fingerprint density at radius 1 is 1.12 bits per heavy atom. The zero-order valence-electron chi connectivity index (χ0n) is 12.8. The molecule has 1 aromatic heterocycles. The van der Waals surface area contributed by atoms with Gasteiger partial charge in [0.15, 0.2) is 0 Å². The number of benzene rings is 2. The maximum Gasteiger partial charge on any atom is 0.573 e. The van der Waals surface area contributed by atoms with Crippen LogP contribution < -0.4 is 10.1 Å². The van der Waals surface area contributed by atoms with E-state index in [0.717, 1.165) is 27.9 Å². The van der Waals surface area contributed by atoms with Crippen molar-refractivity contribution < 1.29 is 22.7 Å². The van der Waals surface area contributed by atoms with E-state index in [1.807, 2.05) is 30.5 Å². The second kappa shape index (κ2) is 7.10. The molecule has 0 radical (unpaired) electrons. The van der Waals surface area contributed by atoms with E-state index < -0.39 is 6.36 Å². The maximum atomic E-state index is 12.1. The fourth-order valence-corrected chi connectivity index (χ4v) is 3.08. The van der Waals surface area contributed by atoms with Crippen LogP contribution in [0.15, 0.2) is 59.6 Å². The van der Waals surface area contributed by atoms with E-state index in [1.165, 1.54) is 23.9 Å². The Hall–Kier alpha value is -2.61. The van der Waals surface area contributed by atoms with Crippen LogP contribution in [-0.4, -0.2) is 23.0 Å². The van der Waals surface area contributed by atoms with Crippen molar-refractivity contribution in [3.05, 3.63) is 54.7 Å². The van der Waals surface area contributed by atoms with Crippen molar-refractivity contribution in [3.8, 4) is 5.75 Å². The summed E-state index contributed by atoms with van der Waals surface area (Å²) < 4.78 is 40.1. The highest BCUT2D eigenvalue weighted by atomic mass is 32.2. The molecule has 2 N–H and O–H groups in total. The predicted octanol–water partition coefficient (Wildman–Crippen LogP) is 4.80. The highest BCUT2D eigenvalue weighted by Gasteiger charge is 2.30. The average molecular weight is 366 g/mol. The highest BCUT2D eigenvalue weighted by molar-refractivity contribution is 8.00. The smallest absolute Gasteiger partial charge is 0.406 e. The number of aromatic nitrogens is 1. The second-order valence-corrected chi connectivity index (χ2v) is 6.12. The summed E-state index contributed by atoms with van der Waals surface area (Å²) in [7, 11) is 0. The summed E-state index contributed by atoms with van der Waals surface area (Å²) in [5, 5.41) is 3.67. The van der Waals surface area contributed by atoms with Crippen molar-refractivity contribution in [2.45, 2.75) is 11.3 Å². The molecular weight excluding hydrogens is 353 g/mol. The van der Waals surface area contributed by atoms with Crippen molar-refractivity contribution in [1.82, 2.24) is 4.98 Å². The van der Waals surface area contributed by atoms with Gasteiger partial charge in [0.25, 0.3) is 0 Å². The third-order valence-corrected chi connectivity index (χ3v) is 4.34. The van der Waals surface area contributed by atoms with E-state index in [4.69, 9.17) is 0 Å². The first kappa shape index (κ1) is 17.2. The van der Waals surface area contributed by atoms with E-state index in [0.29, 0.717) is 5.69 Å². The first-order chi connectivity index (χ1) is 11.9. The Kier molecular flexibility index (Phi) is 4.89. The molecule has 0 atom stereocenters. The number of para-hydroxylation sites is 1. The number of carbonyl (C=O) groups is 1. The fourth-order valence-electron chi connectivity index (χ4n) is 2.24. The molecule has 8 heteroatoms. The Labute approximate surface area is 145 Å². The molecule has 4 nitrogen and oxygen atoms in total. The molecule has 3 aromatic rings. The molecule has 25 heavy (non-hydrogen) atoms. The number of carbonyl (C=O) groups excluding carboxylic acids is 1. The van der Waals surface area contributed by atoms with Crippen LogP contribution in [-0.2, 0) is 4.79 Å². The number of hydrogen-bond donors (Lipinski definition) is 2. The van der Waals surface area contributed by atoms with Gasteiger partial charge in [-0.3, -0.25) is 4.79 Å². The van der Waals surface area contributed by atoms with Gasteiger partial charge in [0.2, 0.25) is 5.91 Å². The lowest BCUT2D eigenvalue weighted by Crippen LogP contribution is -2.17. The van der Waals surface area contributed by atoms with E-state index >= 15 is 0 Å². The lowest BCUT2D eigenvalue weighted by atomic mass is 10.2. The van der Waals surface area contributed by atoms with Crippen LogP contribution in [0.5, 0.6) is 5.75 Å². The van der Waals surface area contributed by atoms with Gasteiger partial charge in [-0.05, 0) is 30.3 Å². The molecule has 0 spiro atoms. The molecule has 2 aromatic carbocycles. The Morgan fingerprint density at radius 2 is 1.84 bits per heavy atom. The first-order valence-electron chi connectivity index (χ1n) is 7.25. The van der Waals surface area contributed by atoms with Crippen LogP contribution in [0.4, 0.5) is 18.9 Å². The SMILES string of the molecule is O=C(CSc1c[nH]c2ccccc12)Nc1ccc(OC(F)(F)F)cc1. The van der Waals surface area contributed by atoms with Crippen molar-refractivity contribution in [2.24, 2.45) is 0 Å². The van der Waals surface area contributed by atoms with Gasteiger partial charge in [-0.25, -0.2) is 0 Å². The topological polar surface area (TPSA) is 54.1 Å². The number of fused-ring (bicyclic) bond motifs is 1. The van der Waals surface area contributed by atoms with Gasteiger partial charge < -0.3 is 15.0 Å². The second-order valence-electron chi connectivity index (χ2n) is 5.11. The number of rotatable bonds is 5. The van der Waals surface area contributed by atoms with E-state index in [-0.39, 0.29) is 17.4 Å². The van der Waals surface area contributed by atoms with Crippen molar-refractivity contribution >= 4 is 34.3 Å². The summed E-state index contributed by atoms with van der Waals surface area (Å²) in [5.41, 5.74) is 1.39. The molecule has 1 heterocycles. The molecule has 130 valence electrons. The minimum atomic E-state index is -4.74. The molecule has 0 aliphatic rings. The van der Waals surface area contributed by atoms with Crippen LogP contribution in [0.25, 0.3) is 10.9 Å². The summed E-state index contributed by atoms with van der Waals surface area (Å²) in [4.78, 5) is 16.1. The lowest BCUT2D eigenvalue weighted by Gasteiger charge is -2.09. The van der Waals surface area contributed by atoms with Gasteiger partial charge in [0, 0.05) is 27.7 Å². The van der Waals surface area contributed by atoms with Gasteiger partial charge in [-0.1, -0.05) is 18.2 Å². The zero-order chi connectivity index (χ0) is 17.9. The largest absolute Gasteiger partial charge is 0.573 e. The Balaban J connectivity index is 1.56. The number of hydrogen-bond acceptors (Lipinski definition) is 3. The quantitative estimate of drug-likeness (QED) is 0.638. The van der Waals surface area contributed by atoms with Gasteiger partial charge in [0.05, 0.1) is 5.75 Å². The molecule has 0 saturated heterocycles. The average Bonchev–Trinajstić information content (AvgIpc) is 2.97. The van der Waals surface area contributed by atoms with Crippen LogP contribution in [0.2, 0.25) is 0 Å². The van der Waals surface area contributed by atoms with Crippen molar-refractivity contribution in [3.63, 3.8) is 0 Å². The summed E-state index contributed by atoms with van der Waals surface area (Å²) in [6, 6.07) is 12.8. The van der Waals surface area contributed by atoms with Gasteiger partial charge in [0.1, 0.15) is 5.75 Å². The minimum Gasteiger partial charge on any atom is -0.406 e. The van der Waals surface area contributed by atoms with Crippen molar-refractivity contribution in [2.75, 3.05) is 11.1 Å². The number of halogens is 3. The van der Waals surface area contributed by atoms with Crippen LogP contribution in [0, 0.1) is 0 Å². The molecule has 0 fully saturated rings. The predicted molar refractivity (Wildman–Crippen MR) is 90.8 cm³/mol. The first-order valence-corrected chi connectivity index (χ1v) is 8.24. The third kappa shape index (κ3) is 4.69. The molecular formula is C17H13F3N2O2S. The number of anilines is 1. The number of alkyl halides is 3. The third-order valence-electron chi connectivity index (χ3n) is 3.28. The van der Waals surface area contributed by atoms with Gasteiger partial charge >= 0.3 is 6.36 Å².